The number of rotatable bonds is 8. The molecule has 11 nitrogen and oxygen atoms in total. The first kappa shape index (κ1) is 22.8. The van der Waals surface area contributed by atoms with Crippen LogP contribution in [0.25, 0.3) is 0 Å². The van der Waals surface area contributed by atoms with Crippen molar-refractivity contribution in [2.24, 2.45) is 0 Å². The molecule has 0 unspecified atom stereocenters. The first-order valence-electron chi connectivity index (χ1n) is 10.5. The quantitative estimate of drug-likeness (QED) is 0.393. The number of hydrogen-bond donors (Lipinski definition) is 4. The van der Waals surface area contributed by atoms with Gasteiger partial charge in [0.25, 0.3) is 17.4 Å². The van der Waals surface area contributed by atoms with Gasteiger partial charge >= 0.3 is 5.69 Å². The fourth-order valence-corrected chi connectivity index (χ4v) is 3.44. The molecule has 0 atom stereocenters. The van der Waals surface area contributed by atoms with E-state index in [1.54, 1.807) is 6.07 Å². The van der Waals surface area contributed by atoms with Crippen LogP contribution in [0, 0.1) is 0 Å². The highest BCUT2D eigenvalue weighted by Crippen LogP contribution is 2.29. The lowest BCUT2D eigenvalue weighted by molar-refractivity contribution is -0.118. The summed E-state index contributed by atoms with van der Waals surface area (Å²) in [6.45, 7) is 0.415. The second-order valence-corrected chi connectivity index (χ2v) is 7.47. The molecular weight excluding hydrogens is 442 g/mol. The van der Waals surface area contributed by atoms with E-state index in [9.17, 15) is 19.2 Å². The molecule has 0 bridgehead atoms. The number of hydrogen-bond acceptors (Lipinski definition) is 7. The molecule has 2 heterocycles. The zero-order valence-corrected chi connectivity index (χ0v) is 18.3. The Hall–Kier alpha value is -4.38. The first-order chi connectivity index (χ1) is 16.5. The first-order valence-corrected chi connectivity index (χ1v) is 10.5. The molecule has 1 aliphatic heterocycles. The Labute approximate surface area is 193 Å². The van der Waals surface area contributed by atoms with Crippen molar-refractivity contribution in [3.05, 3.63) is 80.5 Å². The number of aromatic nitrogens is 2. The molecule has 34 heavy (non-hydrogen) atoms. The summed E-state index contributed by atoms with van der Waals surface area (Å²) in [6, 6.07) is 13.9. The van der Waals surface area contributed by atoms with Crippen LogP contribution in [0.1, 0.15) is 15.9 Å². The van der Waals surface area contributed by atoms with Crippen LogP contribution < -0.4 is 31.9 Å². The van der Waals surface area contributed by atoms with Crippen molar-refractivity contribution in [3.8, 4) is 5.75 Å². The van der Waals surface area contributed by atoms with Gasteiger partial charge in [-0.1, -0.05) is 30.3 Å². The fraction of sp³-hybridized carbons (Fsp3) is 0.217. The molecule has 0 saturated heterocycles. The highest BCUT2D eigenvalue weighted by atomic mass is 16.5. The number of amides is 2. The molecule has 0 saturated carbocycles. The number of carbonyl (C=O) groups is 2. The molecule has 0 spiro atoms. The normalized spacial score (nSPS) is 12.3. The Morgan fingerprint density at radius 2 is 1.94 bits per heavy atom. The number of fused-ring (bicyclic) bond motifs is 1. The Bertz CT molecular complexity index is 1330. The van der Waals surface area contributed by atoms with E-state index in [-0.39, 0.29) is 42.7 Å². The summed E-state index contributed by atoms with van der Waals surface area (Å²) >= 11 is 0. The summed E-state index contributed by atoms with van der Waals surface area (Å²) in [7, 11) is 1.48. The van der Waals surface area contributed by atoms with Crippen molar-refractivity contribution in [1.29, 1.82) is 0 Å². The minimum Gasteiger partial charge on any atom is -0.482 e. The average Bonchev–Trinajstić information content (AvgIpc) is 2.83. The number of benzene rings is 2. The molecule has 0 aliphatic carbocycles. The predicted octanol–water partition coefficient (Wildman–Crippen LogP) is 1.38. The Kier molecular flexibility index (Phi) is 6.74. The largest absolute Gasteiger partial charge is 0.482 e. The van der Waals surface area contributed by atoms with Gasteiger partial charge in [-0.2, -0.15) is 0 Å². The summed E-state index contributed by atoms with van der Waals surface area (Å²) in [6.07, 6.45) is 0. The second-order valence-electron chi connectivity index (χ2n) is 7.47. The van der Waals surface area contributed by atoms with Crippen LogP contribution in [-0.2, 0) is 22.6 Å². The van der Waals surface area contributed by atoms with Gasteiger partial charge in [-0.05, 0) is 23.8 Å². The monoisotopic (exact) mass is 465 g/mol. The second kappa shape index (κ2) is 10.0. The molecule has 176 valence electrons. The lowest BCUT2D eigenvalue weighted by atomic mass is 10.1. The van der Waals surface area contributed by atoms with E-state index < -0.39 is 17.2 Å². The molecule has 0 radical (unpaired) electrons. The number of aromatic amines is 1. The van der Waals surface area contributed by atoms with Crippen LogP contribution in [0.15, 0.2) is 58.1 Å². The Morgan fingerprint density at radius 3 is 2.71 bits per heavy atom. The SMILES string of the molecule is COCCn1c(NC(=O)c2ccc3c(c2)OCC(=O)N3)c(NCc2ccccc2)c(=O)[nH]c1=O. The molecule has 1 aliphatic rings. The lowest BCUT2D eigenvalue weighted by Gasteiger charge is -2.20. The number of H-pyrrole nitrogens is 1. The van der Waals surface area contributed by atoms with Gasteiger partial charge < -0.3 is 25.4 Å². The summed E-state index contributed by atoms with van der Waals surface area (Å²) in [5.74, 6) is -0.497. The van der Waals surface area contributed by atoms with Crippen molar-refractivity contribution in [1.82, 2.24) is 9.55 Å². The zero-order valence-electron chi connectivity index (χ0n) is 18.3. The van der Waals surface area contributed by atoms with Gasteiger partial charge in [0.15, 0.2) is 6.61 Å². The smallest absolute Gasteiger partial charge is 0.330 e. The van der Waals surface area contributed by atoms with Crippen molar-refractivity contribution in [2.45, 2.75) is 13.1 Å². The maximum absolute atomic E-state index is 13.1. The maximum atomic E-state index is 13.1. The fourth-order valence-electron chi connectivity index (χ4n) is 3.44. The van der Waals surface area contributed by atoms with Crippen LogP contribution in [-0.4, -0.2) is 41.7 Å². The third-order valence-electron chi connectivity index (χ3n) is 5.14. The van der Waals surface area contributed by atoms with Crippen LogP contribution >= 0.6 is 0 Å². The topological polar surface area (TPSA) is 144 Å². The third-order valence-corrected chi connectivity index (χ3v) is 5.14. The van der Waals surface area contributed by atoms with E-state index in [1.165, 1.54) is 23.8 Å². The molecule has 2 aromatic carbocycles. The number of ether oxygens (including phenoxy) is 2. The molecule has 0 fully saturated rings. The highest BCUT2D eigenvalue weighted by Gasteiger charge is 2.21. The molecule has 4 rings (SSSR count). The minimum atomic E-state index is -0.681. The van der Waals surface area contributed by atoms with E-state index in [0.29, 0.717) is 18.0 Å². The van der Waals surface area contributed by atoms with Crippen LogP contribution in [0.5, 0.6) is 5.75 Å². The highest BCUT2D eigenvalue weighted by molar-refractivity contribution is 6.06. The standard InChI is InChI=1S/C23H23N5O6/c1-33-10-9-28-20(19(22(31)27-23(28)32)24-12-14-5-3-2-4-6-14)26-21(30)15-7-8-16-17(11-15)34-13-18(29)25-16/h2-8,11,24H,9-10,12-13H2,1H3,(H,25,29)(H,26,30)(H,27,31,32). The lowest BCUT2D eigenvalue weighted by Crippen LogP contribution is -2.36. The molecule has 2 amide bonds. The number of carbonyl (C=O) groups excluding carboxylic acids is 2. The number of methoxy groups -OCH3 is 1. The Morgan fingerprint density at radius 1 is 1.15 bits per heavy atom. The van der Waals surface area contributed by atoms with E-state index in [4.69, 9.17) is 9.47 Å². The Balaban J connectivity index is 1.68. The van der Waals surface area contributed by atoms with Gasteiger partial charge in [0.05, 0.1) is 18.8 Å². The van der Waals surface area contributed by atoms with Crippen molar-refractivity contribution >= 4 is 29.0 Å². The predicted molar refractivity (Wildman–Crippen MR) is 125 cm³/mol. The van der Waals surface area contributed by atoms with Crippen LogP contribution in [0.3, 0.4) is 0 Å². The van der Waals surface area contributed by atoms with Gasteiger partial charge in [0.1, 0.15) is 17.3 Å². The molecular formula is C23H23N5O6. The summed E-state index contributed by atoms with van der Waals surface area (Å²) < 4.78 is 11.7. The van der Waals surface area contributed by atoms with Crippen molar-refractivity contribution < 1.29 is 19.1 Å². The van der Waals surface area contributed by atoms with Gasteiger partial charge in [-0.25, -0.2) is 4.79 Å². The number of nitrogens with zero attached hydrogens (tertiary/aromatic N) is 1. The summed E-state index contributed by atoms with van der Waals surface area (Å²) in [5.41, 5.74) is 0.263. The summed E-state index contributed by atoms with van der Waals surface area (Å²) in [5, 5.41) is 8.36. The number of nitrogens with one attached hydrogen (secondary N) is 4. The van der Waals surface area contributed by atoms with Crippen LogP contribution in [0.2, 0.25) is 0 Å². The van der Waals surface area contributed by atoms with Crippen LogP contribution in [0.4, 0.5) is 17.2 Å². The maximum Gasteiger partial charge on any atom is 0.330 e. The van der Waals surface area contributed by atoms with Gasteiger partial charge in [-0.3, -0.25) is 23.9 Å². The third kappa shape index (κ3) is 4.99. The van der Waals surface area contributed by atoms with Crippen molar-refractivity contribution in [2.75, 3.05) is 36.3 Å². The minimum absolute atomic E-state index is 0.0127. The van der Waals surface area contributed by atoms with E-state index >= 15 is 0 Å². The molecule has 11 heteroatoms. The molecule has 1 aromatic heterocycles. The van der Waals surface area contributed by atoms with Gasteiger partial charge in [-0.15, -0.1) is 0 Å². The average molecular weight is 465 g/mol. The van der Waals surface area contributed by atoms with E-state index in [2.05, 4.69) is 20.9 Å². The molecule has 4 N–H and O–H groups in total. The zero-order chi connectivity index (χ0) is 24.1. The summed E-state index contributed by atoms with van der Waals surface area (Å²) in [4.78, 5) is 52.1. The van der Waals surface area contributed by atoms with Crippen molar-refractivity contribution in [3.63, 3.8) is 0 Å². The van der Waals surface area contributed by atoms with Gasteiger partial charge in [0, 0.05) is 19.2 Å². The molecule has 3 aromatic rings. The van der Waals surface area contributed by atoms with Gasteiger partial charge in [0.2, 0.25) is 0 Å². The van der Waals surface area contributed by atoms with E-state index in [0.717, 1.165) is 5.56 Å². The number of anilines is 3. The van der Waals surface area contributed by atoms with E-state index in [1.807, 2.05) is 30.3 Å².